The molecule has 1 atom stereocenters. The van der Waals surface area contributed by atoms with Crippen LogP contribution in [0.2, 0.25) is 0 Å². The predicted molar refractivity (Wildman–Crippen MR) is 157 cm³/mol. The van der Waals surface area contributed by atoms with Crippen molar-refractivity contribution in [2.45, 2.75) is 63.7 Å². The van der Waals surface area contributed by atoms with Gasteiger partial charge in [0.05, 0.1) is 39.0 Å². The van der Waals surface area contributed by atoms with Crippen LogP contribution in [-0.2, 0) is 45.3 Å². The normalized spacial score (nSPS) is 11.3. The zero-order chi connectivity index (χ0) is 30.4. The molecule has 0 saturated heterocycles. The van der Waals surface area contributed by atoms with Gasteiger partial charge in [0, 0.05) is 6.42 Å². The van der Waals surface area contributed by atoms with Crippen LogP contribution in [0.25, 0.3) is 0 Å². The maximum atomic E-state index is 11.6. The Morgan fingerprint density at radius 3 is 1.40 bits per heavy atom. The van der Waals surface area contributed by atoms with Crippen LogP contribution >= 0.6 is 15.9 Å². The molecule has 2 aromatic rings. The number of alkyl halides is 1. The van der Waals surface area contributed by atoms with Crippen molar-refractivity contribution in [1.82, 2.24) is 0 Å². The number of benzene rings is 2. The molecule has 0 aliphatic carbocycles. The molecule has 0 aliphatic heterocycles. The molecular weight excluding hydrogens is 628 g/mol. The Bertz CT molecular complexity index is 1330. The van der Waals surface area contributed by atoms with E-state index in [2.05, 4.69) is 15.9 Å². The Morgan fingerprint density at radius 1 is 0.750 bits per heavy atom. The van der Waals surface area contributed by atoms with E-state index in [1.165, 1.54) is 62.4 Å². The monoisotopic (exact) mass is 664 g/mol. The first kappa shape index (κ1) is 39.2. The minimum absolute atomic E-state index is 0. The Labute approximate surface area is 244 Å². The highest BCUT2D eigenvalue weighted by Gasteiger charge is 2.22. The number of carbonyl (C=O) groups excluding carboxylic acids is 2. The third kappa shape index (κ3) is 14.5. The van der Waals surface area contributed by atoms with Gasteiger partial charge in [0.15, 0.2) is 19.7 Å². The van der Waals surface area contributed by atoms with Crippen molar-refractivity contribution in [1.29, 1.82) is 0 Å². The summed E-state index contributed by atoms with van der Waals surface area (Å²) in [6.07, 6.45) is -0.193. The number of halogens is 1. The summed E-state index contributed by atoms with van der Waals surface area (Å²) >= 11 is 2.96. The van der Waals surface area contributed by atoms with Gasteiger partial charge in [-0.05, 0) is 49.2 Å². The van der Waals surface area contributed by atoms with Crippen molar-refractivity contribution in [3.63, 3.8) is 0 Å². The molecule has 2 rings (SSSR count). The molecular formula is C27H37BrO10S2. The first-order valence-corrected chi connectivity index (χ1v) is 16.1. The van der Waals surface area contributed by atoms with Crippen molar-refractivity contribution in [2.24, 2.45) is 0 Å². The van der Waals surface area contributed by atoms with Crippen molar-refractivity contribution in [3.8, 4) is 0 Å². The van der Waals surface area contributed by atoms with Crippen LogP contribution in [0.3, 0.4) is 0 Å². The fourth-order valence-electron chi connectivity index (χ4n) is 2.87. The smallest absolute Gasteiger partial charge is 0.311 e. The first-order chi connectivity index (χ1) is 18.0. The summed E-state index contributed by atoms with van der Waals surface area (Å²) in [6.45, 7) is 5.97. The number of Topliss-reactive ketones (excluding diaryl/α,β-unsaturated/α-hetero) is 2. The summed E-state index contributed by atoms with van der Waals surface area (Å²) < 4.78 is 46.1. The van der Waals surface area contributed by atoms with E-state index in [4.69, 9.17) is 10.2 Å². The maximum absolute atomic E-state index is 11.6. The van der Waals surface area contributed by atoms with E-state index in [1.807, 2.05) is 0 Å². The van der Waals surface area contributed by atoms with Gasteiger partial charge in [0.25, 0.3) is 0 Å². The van der Waals surface area contributed by atoms with Crippen LogP contribution in [0.1, 0.15) is 58.6 Å². The SMILES string of the molecule is C.CC(=O)CBr.CCS(=O)(=O)c1ccc(C(CC(C)=O)C(=O)O)cc1.CCS(=O)(=O)c1ccc(CC(=O)O)cc1. The number of carbonyl (C=O) groups is 4. The zero-order valence-electron chi connectivity index (χ0n) is 22.1. The molecule has 0 aromatic heterocycles. The molecule has 0 amide bonds. The van der Waals surface area contributed by atoms with Crippen molar-refractivity contribution < 1.29 is 46.2 Å². The average molecular weight is 666 g/mol. The minimum Gasteiger partial charge on any atom is -0.481 e. The van der Waals surface area contributed by atoms with E-state index in [0.717, 1.165) is 0 Å². The van der Waals surface area contributed by atoms with Gasteiger partial charge in [-0.2, -0.15) is 0 Å². The number of ketones is 2. The Morgan fingerprint density at radius 2 is 1.12 bits per heavy atom. The van der Waals surface area contributed by atoms with Gasteiger partial charge in [-0.15, -0.1) is 0 Å². The fourth-order valence-corrected chi connectivity index (χ4v) is 4.63. The lowest BCUT2D eigenvalue weighted by Crippen LogP contribution is -2.15. The second-order valence-electron chi connectivity index (χ2n) is 8.22. The molecule has 0 heterocycles. The standard InChI is InChI=1S/C13H16O5S.C10H12O4S.C3H5BrO.CH4/c1-3-19(17,18)11-6-4-10(5-7-11)12(13(15)16)8-9(2)14;1-2-15(13,14)9-5-3-8(4-6-9)7-10(11)12;1-3(5)2-4;/h4-7,12H,3,8H2,1-2H3,(H,15,16);3-6H,2,7H2,1H3,(H,11,12);2H2,1H3;1H4. The first-order valence-electron chi connectivity index (χ1n) is 11.6. The Hall–Kier alpha value is -2.90. The van der Waals surface area contributed by atoms with E-state index in [9.17, 15) is 36.0 Å². The number of sulfone groups is 2. The molecule has 10 nitrogen and oxygen atoms in total. The topological polar surface area (TPSA) is 177 Å². The van der Waals surface area contributed by atoms with Gasteiger partial charge in [0.1, 0.15) is 11.6 Å². The third-order valence-electron chi connectivity index (χ3n) is 5.02. The highest BCUT2D eigenvalue weighted by Crippen LogP contribution is 2.22. The van der Waals surface area contributed by atoms with Gasteiger partial charge in [-0.1, -0.05) is 61.5 Å². The molecule has 13 heteroatoms. The van der Waals surface area contributed by atoms with Gasteiger partial charge in [0.2, 0.25) is 0 Å². The van der Waals surface area contributed by atoms with E-state index in [0.29, 0.717) is 16.5 Å². The molecule has 2 N–H and O–H groups in total. The van der Waals surface area contributed by atoms with Crippen molar-refractivity contribution in [2.75, 3.05) is 16.8 Å². The summed E-state index contributed by atoms with van der Waals surface area (Å²) in [4.78, 5) is 42.7. The summed E-state index contributed by atoms with van der Waals surface area (Å²) in [5, 5.41) is 18.1. The number of hydrogen-bond donors (Lipinski definition) is 2. The fraction of sp³-hybridized carbons (Fsp3) is 0.407. The van der Waals surface area contributed by atoms with Crippen LogP contribution in [0.15, 0.2) is 58.3 Å². The summed E-state index contributed by atoms with van der Waals surface area (Å²) in [7, 11) is -6.49. The lowest BCUT2D eigenvalue weighted by molar-refractivity contribution is -0.140. The molecule has 0 fully saturated rings. The number of rotatable bonds is 11. The highest BCUT2D eigenvalue weighted by atomic mass is 79.9. The third-order valence-corrected chi connectivity index (χ3v) is 9.31. The van der Waals surface area contributed by atoms with E-state index in [1.54, 1.807) is 13.8 Å². The predicted octanol–water partition coefficient (Wildman–Crippen LogP) is 4.34. The highest BCUT2D eigenvalue weighted by molar-refractivity contribution is 9.09. The van der Waals surface area contributed by atoms with Crippen LogP contribution in [0, 0.1) is 0 Å². The quantitative estimate of drug-likeness (QED) is 0.328. The number of aliphatic carboxylic acids is 2. The van der Waals surface area contributed by atoms with Crippen LogP contribution < -0.4 is 0 Å². The van der Waals surface area contributed by atoms with Crippen LogP contribution in [0.5, 0.6) is 0 Å². The molecule has 2 aromatic carbocycles. The minimum atomic E-state index is -3.30. The Balaban J connectivity index is 0. The summed E-state index contributed by atoms with van der Waals surface area (Å²) in [6, 6.07) is 11.6. The van der Waals surface area contributed by atoms with Crippen molar-refractivity contribution in [3.05, 3.63) is 59.7 Å². The second kappa shape index (κ2) is 18.4. The molecule has 0 aliphatic rings. The molecule has 0 radical (unpaired) electrons. The summed E-state index contributed by atoms with van der Waals surface area (Å²) in [5.74, 6) is -2.98. The van der Waals surface area contributed by atoms with Crippen LogP contribution in [0.4, 0.5) is 0 Å². The average Bonchev–Trinajstić information content (AvgIpc) is 2.87. The molecule has 0 spiro atoms. The van der Waals surface area contributed by atoms with Gasteiger partial charge >= 0.3 is 11.9 Å². The number of hydrogen-bond acceptors (Lipinski definition) is 8. The van der Waals surface area contributed by atoms with Gasteiger partial charge < -0.3 is 10.2 Å². The molecule has 224 valence electrons. The lowest BCUT2D eigenvalue weighted by Gasteiger charge is -2.11. The van der Waals surface area contributed by atoms with Gasteiger partial charge in [-0.25, -0.2) is 16.8 Å². The lowest BCUT2D eigenvalue weighted by atomic mass is 9.94. The molecule has 0 bridgehead atoms. The largest absolute Gasteiger partial charge is 0.481 e. The van der Waals surface area contributed by atoms with Gasteiger partial charge in [-0.3, -0.25) is 19.2 Å². The summed E-state index contributed by atoms with van der Waals surface area (Å²) in [5.41, 5.74) is 1.02. The number of carboxylic acids is 2. The molecule has 40 heavy (non-hydrogen) atoms. The number of carboxylic acid groups (broad SMARTS) is 2. The Kier molecular flexibility index (Phi) is 18.1. The van der Waals surface area contributed by atoms with E-state index in [-0.39, 0.29) is 53.1 Å². The maximum Gasteiger partial charge on any atom is 0.311 e. The van der Waals surface area contributed by atoms with Crippen LogP contribution in [-0.4, -0.2) is 67.4 Å². The second-order valence-corrected chi connectivity index (χ2v) is 13.3. The van der Waals surface area contributed by atoms with E-state index >= 15 is 0 Å². The molecule has 1 unspecified atom stereocenters. The van der Waals surface area contributed by atoms with E-state index < -0.39 is 37.5 Å². The van der Waals surface area contributed by atoms with Crippen molar-refractivity contribution >= 4 is 59.1 Å². The zero-order valence-corrected chi connectivity index (χ0v) is 25.3. The molecule has 0 saturated carbocycles.